The number of hydrogen-bond donors (Lipinski definition) is 0. The summed E-state index contributed by atoms with van der Waals surface area (Å²) in [6, 6.07) is 0. The van der Waals surface area contributed by atoms with Gasteiger partial charge in [0, 0.05) is 12.0 Å². The zero-order chi connectivity index (χ0) is 10.4. The van der Waals surface area contributed by atoms with Crippen LogP contribution in [0, 0.1) is 5.41 Å². The molecule has 1 radical (unpaired) electrons. The molecule has 1 aliphatic rings. The second-order valence-corrected chi connectivity index (χ2v) is 5.68. The summed E-state index contributed by atoms with van der Waals surface area (Å²) in [5.41, 5.74) is -1.21. The zero-order valence-electron chi connectivity index (χ0n) is 8.43. The predicted molar refractivity (Wildman–Crippen MR) is 53.0 cm³/mol. The summed E-state index contributed by atoms with van der Waals surface area (Å²) >= 11 is 3.23. The van der Waals surface area contributed by atoms with Gasteiger partial charge in [0.25, 0.3) is 0 Å². The molecule has 0 amide bonds. The van der Waals surface area contributed by atoms with Crippen molar-refractivity contribution in [1.29, 1.82) is 0 Å². The number of alkyl halides is 1. The second-order valence-electron chi connectivity index (χ2n) is 4.58. The van der Waals surface area contributed by atoms with Crippen LogP contribution in [0.4, 0.5) is 0 Å². The first-order valence-electron chi connectivity index (χ1n) is 4.34. The Morgan fingerprint density at radius 1 is 1.38 bits per heavy atom. The van der Waals surface area contributed by atoms with E-state index in [1.165, 1.54) is 0 Å². The summed E-state index contributed by atoms with van der Waals surface area (Å²) in [7, 11) is 0. The molecule has 4 heteroatoms. The van der Waals surface area contributed by atoms with E-state index in [0.29, 0.717) is 0 Å². The standard InChI is InChI=1S/C9H15BrNO2/c1-8(2)7(12)6(10)5-11(13)9(8,3)4/h6H,5H2,1-4H3. The molecule has 0 N–H and O–H groups in total. The van der Waals surface area contributed by atoms with Crippen molar-refractivity contribution in [3.63, 3.8) is 0 Å². The van der Waals surface area contributed by atoms with Crippen molar-refractivity contribution in [2.75, 3.05) is 6.54 Å². The number of halogens is 1. The molecule has 0 bridgehead atoms. The number of rotatable bonds is 0. The Morgan fingerprint density at radius 3 is 2.31 bits per heavy atom. The summed E-state index contributed by atoms with van der Waals surface area (Å²) in [6.45, 7) is 7.53. The van der Waals surface area contributed by atoms with E-state index in [4.69, 9.17) is 0 Å². The van der Waals surface area contributed by atoms with Gasteiger partial charge in [-0.25, -0.2) is 0 Å². The third kappa shape index (κ3) is 1.45. The summed E-state index contributed by atoms with van der Waals surface area (Å²) in [5, 5.41) is 12.6. The van der Waals surface area contributed by atoms with Gasteiger partial charge >= 0.3 is 0 Å². The van der Waals surface area contributed by atoms with Crippen molar-refractivity contribution >= 4 is 21.7 Å². The lowest BCUT2D eigenvalue weighted by molar-refractivity contribution is -0.252. The van der Waals surface area contributed by atoms with Gasteiger partial charge in [0.1, 0.15) is 0 Å². The molecule has 1 saturated heterocycles. The lowest BCUT2D eigenvalue weighted by atomic mass is 9.68. The van der Waals surface area contributed by atoms with Crippen molar-refractivity contribution in [2.24, 2.45) is 5.41 Å². The van der Waals surface area contributed by atoms with E-state index in [1.54, 1.807) is 0 Å². The van der Waals surface area contributed by atoms with Crippen LogP contribution in [0.2, 0.25) is 0 Å². The van der Waals surface area contributed by atoms with Gasteiger partial charge in [0.2, 0.25) is 0 Å². The molecule has 1 unspecified atom stereocenters. The van der Waals surface area contributed by atoms with Crippen molar-refractivity contribution in [2.45, 2.75) is 38.1 Å². The number of ketones is 1. The lowest BCUT2D eigenvalue weighted by Gasteiger charge is -2.49. The average molecular weight is 249 g/mol. The van der Waals surface area contributed by atoms with Crippen LogP contribution in [-0.4, -0.2) is 27.8 Å². The highest BCUT2D eigenvalue weighted by Gasteiger charge is 2.53. The van der Waals surface area contributed by atoms with Gasteiger partial charge in [-0.3, -0.25) is 4.79 Å². The van der Waals surface area contributed by atoms with Crippen LogP contribution in [0.15, 0.2) is 0 Å². The fourth-order valence-corrected chi connectivity index (χ4v) is 2.30. The van der Waals surface area contributed by atoms with Gasteiger partial charge in [-0.05, 0) is 13.8 Å². The Kier molecular flexibility index (Phi) is 2.60. The smallest absolute Gasteiger partial charge is 0.155 e. The number of carbonyl (C=O) groups is 1. The van der Waals surface area contributed by atoms with Gasteiger partial charge in [-0.1, -0.05) is 29.8 Å². The van der Waals surface area contributed by atoms with E-state index in [0.717, 1.165) is 5.06 Å². The molecule has 1 atom stereocenters. The van der Waals surface area contributed by atoms with Gasteiger partial charge in [-0.2, -0.15) is 0 Å². The molecular weight excluding hydrogens is 234 g/mol. The van der Waals surface area contributed by atoms with Gasteiger partial charge in [0.05, 0.1) is 10.4 Å². The third-order valence-corrected chi connectivity index (χ3v) is 4.09. The van der Waals surface area contributed by atoms with Crippen LogP contribution in [-0.2, 0) is 10.0 Å². The molecule has 1 fully saturated rings. The third-order valence-electron chi connectivity index (χ3n) is 3.38. The Morgan fingerprint density at radius 2 is 1.85 bits per heavy atom. The van der Waals surface area contributed by atoms with E-state index in [-0.39, 0.29) is 17.2 Å². The van der Waals surface area contributed by atoms with Crippen LogP contribution in [0.25, 0.3) is 0 Å². The number of hydrogen-bond acceptors (Lipinski definition) is 2. The van der Waals surface area contributed by atoms with E-state index in [2.05, 4.69) is 15.9 Å². The minimum absolute atomic E-state index is 0.115. The van der Waals surface area contributed by atoms with Crippen LogP contribution >= 0.6 is 15.9 Å². The number of Topliss-reactive ketones (excluding diaryl/α,β-unsaturated/α-hetero) is 1. The molecule has 1 heterocycles. The molecule has 0 saturated carbocycles. The molecule has 0 aromatic heterocycles. The number of hydroxylamine groups is 2. The quantitative estimate of drug-likeness (QED) is 0.614. The summed E-state index contributed by atoms with van der Waals surface area (Å²) in [6.07, 6.45) is 0. The Labute approximate surface area is 87.2 Å². The van der Waals surface area contributed by atoms with Gasteiger partial charge in [0.15, 0.2) is 5.78 Å². The molecule has 0 aromatic carbocycles. The molecule has 1 rings (SSSR count). The summed E-state index contributed by atoms with van der Waals surface area (Å²) in [5.74, 6) is 0.115. The second kappa shape index (κ2) is 3.04. The van der Waals surface area contributed by atoms with E-state index >= 15 is 0 Å². The minimum Gasteiger partial charge on any atom is -0.298 e. The largest absolute Gasteiger partial charge is 0.298 e. The van der Waals surface area contributed by atoms with Crippen molar-refractivity contribution in [3.05, 3.63) is 0 Å². The highest BCUT2D eigenvalue weighted by molar-refractivity contribution is 9.10. The Bertz CT molecular complexity index is 238. The number of nitrogens with zero attached hydrogens (tertiary/aromatic N) is 1. The maximum absolute atomic E-state index is 11.8. The molecule has 0 aliphatic carbocycles. The number of piperidine rings is 1. The normalized spacial score (nSPS) is 33.4. The van der Waals surface area contributed by atoms with E-state index < -0.39 is 11.0 Å². The Balaban J connectivity index is 3.07. The van der Waals surface area contributed by atoms with Crippen LogP contribution in [0.5, 0.6) is 0 Å². The number of carbonyl (C=O) groups excluding carboxylic acids is 1. The van der Waals surface area contributed by atoms with E-state index in [9.17, 15) is 10.0 Å². The van der Waals surface area contributed by atoms with E-state index in [1.807, 2.05) is 27.7 Å². The van der Waals surface area contributed by atoms with Crippen LogP contribution in [0.3, 0.4) is 0 Å². The fourth-order valence-electron chi connectivity index (χ4n) is 1.46. The molecule has 0 spiro atoms. The fraction of sp³-hybridized carbons (Fsp3) is 0.889. The summed E-state index contributed by atoms with van der Waals surface area (Å²) < 4.78 is 0. The molecule has 1 aliphatic heterocycles. The minimum atomic E-state index is -0.617. The molecule has 3 nitrogen and oxygen atoms in total. The van der Waals surface area contributed by atoms with Crippen molar-refractivity contribution in [1.82, 2.24) is 5.06 Å². The first-order valence-corrected chi connectivity index (χ1v) is 5.26. The maximum Gasteiger partial charge on any atom is 0.155 e. The topological polar surface area (TPSA) is 40.2 Å². The SMILES string of the molecule is CC1(C)C(=O)C(Br)CN([O])C1(C)C. The first-order chi connectivity index (χ1) is 5.71. The highest BCUT2D eigenvalue weighted by Crippen LogP contribution is 2.41. The molecular formula is C9H15BrNO2. The molecule has 75 valence electrons. The highest BCUT2D eigenvalue weighted by atomic mass is 79.9. The maximum atomic E-state index is 11.8. The van der Waals surface area contributed by atoms with Crippen molar-refractivity contribution < 1.29 is 10.0 Å². The Hall–Kier alpha value is 0.0700. The molecule has 0 aromatic rings. The van der Waals surface area contributed by atoms with Crippen molar-refractivity contribution in [3.8, 4) is 0 Å². The molecule has 13 heavy (non-hydrogen) atoms. The van der Waals surface area contributed by atoms with Crippen LogP contribution in [0.1, 0.15) is 27.7 Å². The predicted octanol–water partition coefficient (Wildman–Crippen LogP) is 1.78. The summed E-state index contributed by atoms with van der Waals surface area (Å²) in [4.78, 5) is 11.5. The monoisotopic (exact) mass is 248 g/mol. The van der Waals surface area contributed by atoms with Crippen LogP contribution < -0.4 is 0 Å². The van der Waals surface area contributed by atoms with Gasteiger partial charge in [-0.15, -0.1) is 10.3 Å². The lowest BCUT2D eigenvalue weighted by Crippen LogP contribution is -2.63. The van der Waals surface area contributed by atoms with Gasteiger partial charge < -0.3 is 0 Å². The zero-order valence-corrected chi connectivity index (χ0v) is 10.0. The first kappa shape index (κ1) is 11.1. The average Bonchev–Trinajstić information content (AvgIpc) is 2.00.